The summed E-state index contributed by atoms with van der Waals surface area (Å²) in [6.45, 7) is 7.15. The number of hydrogen-bond donors (Lipinski definition) is 1. The zero-order valence-electron chi connectivity index (χ0n) is 15.7. The van der Waals surface area contributed by atoms with E-state index in [1.165, 1.54) is 19.3 Å². The minimum atomic E-state index is -0.792. The van der Waals surface area contributed by atoms with Crippen LogP contribution in [-0.2, 0) is 10.4 Å². The van der Waals surface area contributed by atoms with E-state index in [2.05, 4.69) is 11.8 Å². The van der Waals surface area contributed by atoms with Crippen molar-refractivity contribution in [1.82, 2.24) is 9.80 Å². The average Bonchev–Trinajstić information content (AvgIpc) is 2.63. The van der Waals surface area contributed by atoms with Crippen LogP contribution in [0.4, 0.5) is 0 Å². The highest BCUT2D eigenvalue weighted by atomic mass is 16.3. The second-order valence-corrected chi connectivity index (χ2v) is 7.76. The summed E-state index contributed by atoms with van der Waals surface area (Å²) in [6.07, 6.45) is 6.09. The Morgan fingerprint density at radius 3 is 2.60 bits per heavy atom. The number of nitrogens with zero attached hydrogens (tertiary/aromatic N) is 2. The fourth-order valence-corrected chi connectivity index (χ4v) is 4.49. The Kier molecular flexibility index (Phi) is 5.80. The lowest BCUT2D eigenvalue weighted by molar-refractivity contribution is -0.138. The van der Waals surface area contributed by atoms with Crippen LogP contribution in [0.25, 0.3) is 0 Å². The first-order valence-corrected chi connectivity index (χ1v) is 9.84. The topological polar surface area (TPSA) is 43.8 Å². The first-order valence-electron chi connectivity index (χ1n) is 9.84. The molecule has 2 saturated heterocycles. The normalized spacial score (nSPS) is 24.3. The summed E-state index contributed by atoms with van der Waals surface area (Å²) in [5, 5.41) is 11.1. The van der Waals surface area contributed by atoms with Gasteiger partial charge in [-0.2, -0.15) is 0 Å². The first kappa shape index (κ1) is 18.4. The molecule has 1 aromatic rings. The highest BCUT2D eigenvalue weighted by molar-refractivity contribution is 5.78. The van der Waals surface area contributed by atoms with Gasteiger partial charge in [0.05, 0.1) is 12.1 Å². The van der Waals surface area contributed by atoms with Gasteiger partial charge in [0.15, 0.2) is 0 Å². The highest BCUT2D eigenvalue weighted by Crippen LogP contribution is 2.34. The van der Waals surface area contributed by atoms with Crippen molar-refractivity contribution in [2.45, 2.75) is 64.0 Å². The van der Waals surface area contributed by atoms with Crippen molar-refractivity contribution in [2.24, 2.45) is 0 Å². The molecule has 0 saturated carbocycles. The van der Waals surface area contributed by atoms with Crippen LogP contribution >= 0.6 is 0 Å². The number of amides is 1. The maximum atomic E-state index is 12.7. The summed E-state index contributed by atoms with van der Waals surface area (Å²) >= 11 is 0. The fraction of sp³-hybridized carbons (Fsp3) is 0.667. The molecule has 4 nitrogen and oxygen atoms in total. The Labute approximate surface area is 151 Å². The van der Waals surface area contributed by atoms with E-state index < -0.39 is 5.60 Å². The number of piperidine rings is 2. The molecule has 2 aliphatic rings. The van der Waals surface area contributed by atoms with Crippen molar-refractivity contribution >= 4 is 5.91 Å². The molecule has 0 radical (unpaired) electrons. The molecule has 0 unspecified atom stereocenters. The van der Waals surface area contributed by atoms with Gasteiger partial charge in [0.2, 0.25) is 5.91 Å². The largest absolute Gasteiger partial charge is 0.385 e. The van der Waals surface area contributed by atoms with E-state index >= 15 is 0 Å². The van der Waals surface area contributed by atoms with Crippen molar-refractivity contribution in [3.05, 3.63) is 35.4 Å². The molecule has 1 atom stereocenters. The molecular formula is C21H32N2O2. The van der Waals surface area contributed by atoms with Crippen LogP contribution in [0.15, 0.2) is 24.3 Å². The minimum Gasteiger partial charge on any atom is -0.385 e. The Balaban J connectivity index is 1.58. The van der Waals surface area contributed by atoms with Gasteiger partial charge in [-0.25, -0.2) is 0 Å². The van der Waals surface area contributed by atoms with Crippen molar-refractivity contribution in [1.29, 1.82) is 0 Å². The number of carbonyl (C=O) groups is 1. The van der Waals surface area contributed by atoms with Crippen molar-refractivity contribution in [3.8, 4) is 0 Å². The second-order valence-electron chi connectivity index (χ2n) is 7.76. The number of aryl methyl sites for hydroxylation is 1. The Hall–Kier alpha value is -1.39. The lowest BCUT2D eigenvalue weighted by atomic mass is 9.82. The van der Waals surface area contributed by atoms with Gasteiger partial charge in [0.1, 0.15) is 0 Å². The lowest BCUT2D eigenvalue weighted by Crippen LogP contribution is -2.50. The van der Waals surface area contributed by atoms with Gasteiger partial charge < -0.3 is 10.0 Å². The zero-order chi connectivity index (χ0) is 17.9. The third-order valence-corrected chi connectivity index (χ3v) is 6.15. The van der Waals surface area contributed by atoms with Crippen molar-refractivity contribution in [2.75, 3.05) is 26.2 Å². The van der Waals surface area contributed by atoms with Gasteiger partial charge in [-0.3, -0.25) is 9.69 Å². The van der Waals surface area contributed by atoms with Crippen LogP contribution in [0.2, 0.25) is 0 Å². The summed E-state index contributed by atoms with van der Waals surface area (Å²) in [6, 6.07) is 8.62. The van der Waals surface area contributed by atoms with Crippen LogP contribution in [0, 0.1) is 6.92 Å². The van der Waals surface area contributed by atoms with Crippen LogP contribution in [0.3, 0.4) is 0 Å². The van der Waals surface area contributed by atoms with E-state index in [4.69, 9.17) is 0 Å². The third-order valence-electron chi connectivity index (χ3n) is 6.15. The fourth-order valence-electron chi connectivity index (χ4n) is 4.49. The summed E-state index contributed by atoms with van der Waals surface area (Å²) in [5.74, 6) is 0.229. The van der Waals surface area contributed by atoms with Crippen molar-refractivity contribution < 1.29 is 9.90 Å². The van der Waals surface area contributed by atoms with Gasteiger partial charge in [-0.05, 0) is 56.7 Å². The molecule has 2 fully saturated rings. The number of benzene rings is 1. The molecule has 138 valence electrons. The number of rotatable bonds is 4. The van der Waals surface area contributed by atoms with E-state index in [1.807, 2.05) is 36.1 Å². The van der Waals surface area contributed by atoms with Gasteiger partial charge in [-0.1, -0.05) is 37.6 Å². The SMILES string of the molecule is CC[C@@H]1CCCCN1CC(=O)N1CCC(O)(c2ccccc2C)CC1. The summed E-state index contributed by atoms with van der Waals surface area (Å²) in [5.41, 5.74) is 1.35. The third kappa shape index (κ3) is 4.06. The van der Waals surface area contributed by atoms with Gasteiger partial charge in [-0.15, -0.1) is 0 Å². The van der Waals surface area contributed by atoms with E-state index in [0.717, 1.165) is 24.1 Å². The molecule has 1 amide bonds. The predicted molar refractivity (Wildman–Crippen MR) is 100 cm³/mol. The molecule has 2 heterocycles. The van der Waals surface area contributed by atoms with Gasteiger partial charge >= 0.3 is 0 Å². The quantitative estimate of drug-likeness (QED) is 0.913. The molecule has 2 aliphatic heterocycles. The molecule has 1 N–H and O–H groups in total. The molecule has 0 bridgehead atoms. The molecular weight excluding hydrogens is 312 g/mol. The molecule has 0 aliphatic carbocycles. The van der Waals surface area contributed by atoms with Crippen LogP contribution in [0.5, 0.6) is 0 Å². The monoisotopic (exact) mass is 344 g/mol. The Morgan fingerprint density at radius 1 is 1.20 bits per heavy atom. The highest BCUT2D eigenvalue weighted by Gasteiger charge is 2.36. The standard InChI is InChI=1S/C21H32N2O2/c1-3-18-9-6-7-13-23(18)16-20(24)22-14-11-21(25,12-15-22)19-10-5-4-8-17(19)2/h4-5,8,10,18,25H,3,6-7,9,11-16H2,1-2H3/t18-/m1/s1. The molecule has 4 heteroatoms. The first-order chi connectivity index (χ1) is 12.0. The number of hydrogen-bond acceptors (Lipinski definition) is 3. The predicted octanol–water partition coefficient (Wildman–Crippen LogP) is 3.07. The molecule has 3 rings (SSSR count). The van der Waals surface area contributed by atoms with Crippen LogP contribution in [-0.4, -0.2) is 53.0 Å². The molecule has 1 aromatic carbocycles. The molecule has 0 spiro atoms. The Bertz CT molecular complexity index is 593. The maximum absolute atomic E-state index is 12.7. The van der Waals surface area contributed by atoms with E-state index in [9.17, 15) is 9.90 Å². The Morgan fingerprint density at radius 2 is 1.92 bits per heavy atom. The summed E-state index contributed by atoms with van der Waals surface area (Å²) in [7, 11) is 0. The van der Waals surface area contributed by atoms with Crippen molar-refractivity contribution in [3.63, 3.8) is 0 Å². The number of aliphatic hydroxyl groups is 1. The van der Waals surface area contributed by atoms with E-state index in [0.29, 0.717) is 38.5 Å². The molecule has 25 heavy (non-hydrogen) atoms. The zero-order valence-corrected chi connectivity index (χ0v) is 15.7. The second kappa shape index (κ2) is 7.88. The average molecular weight is 344 g/mol. The lowest BCUT2D eigenvalue weighted by Gasteiger charge is -2.41. The number of carbonyl (C=O) groups excluding carboxylic acids is 1. The van der Waals surface area contributed by atoms with Crippen LogP contribution in [0.1, 0.15) is 56.6 Å². The van der Waals surface area contributed by atoms with E-state index in [1.54, 1.807) is 0 Å². The minimum absolute atomic E-state index is 0.229. The van der Waals surface area contributed by atoms with Gasteiger partial charge in [0, 0.05) is 19.1 Å². The smallest absolute Gasteiger partial charge is 0.236 e. The van der Waals surface area contributed by atoms with Gasteiger partial charge in [0.25, 0.3) is 0 Å². The summed E-state index contributed by atoms with van der Waals surface area (Å²) < 4.78 is 0. The number of likely N-dealkylation sites (tertiary alicyclic amines) is 2. The molecule has 0 aromatic heterocycles. The summed E-state index contributed by atoms with van der Waals surface area (Å²) in [4.78, 5) is 17.1. The van der Waals surface area contributed by atoms with E-state index in [-0.39, 0.29) is 5.91 Å². The van der Waals surface area contributed by atoms with Crippen LogP contribution < -0.4 is 0 Å². The maximum Gasteiger partial charge on any atom is 0.236 e.